The van der Waals surface area contributed by atoms with Gasteiger partial charge in [-0.1, -0.05) is 43.7 Å². The van der Waals surface area contributed by atoms with E-state index in [2.05, 4.69) is 0 Å². The summed E-state index contributed by atoms with van der Waals surface area (Å²) >= 11 is 0. The number of carboxylic acids is 1. The van der Waals surface area contributed by atoms with Crippen LogP contribution in [0.3, 0.4) is 0 Å². The largest absolute Gasteiger partial charge is 0.488 e. The molecule has 1 heterocycles. The van der Waals surface area contributed by atoms with Gasteiger partial charge in [-0.2, -0.15) is 0 Å². The molecule has 23 heavy (non-hydrogen) atoms. The van der Waals surface area contributed by atoms with Gasteiger partial charge in [-0.3, -0.25) is 9.59 Å². The number of benzene rings is 2. The van der Waals surface area contributed by atoms with Gasteiger partial charge in [-0.15, -0.1) is 0 Å². The molecule has 0 radical (unpaired) electrons. The van der Waals surface area contributed by atoms with E-state index in [9.17, 15) is 14.7 Å². The van der Waals surface area contributed by atoms with Crippen LogP contribution in [0.25, 0.3) is 0 Å². The quantitative estimate of drug-likeness (QED) is 0.933. The monoisotopic (exact) mass is 310 g/mol. The maximum Gasteiger partial charge on any atom is 0.310 e. The number of carbonyl (C=O) groups excluding carboxylic acids is 1. The van der Waals surface area contributed by atoms with E-state index >= 15 is 0 Å². The second-order valence-corrected chi connectivity index (χ2v) is 5.71. The minimum absolute atomic E-state index is 0.115. The fraction of sp³-hybridized carbons (Fsp3) is 0.263. The Morgan fingerprint density at radius 2 is 2.00 bits per heavy atom. The highest BCUT2D eigenvalue weighted by molar-refractivity contribution is 6.12. The topological polar surface area (TPSA) is 63.6 Å². The third kappa shape index (κ3) is 2.84. The first kappa shape index (κ1) is 15.3. The Morgan fingerprint density at radius 1 is 1.22 bits per heavy atom. The highest BCUT2D eigenvalue weighted by Crippen LogP contribution is 2.32. The van der Waals surface area contributed by atoms with E-state index in [4.69, 9.17) is 4.74 Å². The molecule has 0 amide bonds. The van der Waals surface area contributed by atoms with Gasteiger partial charge in [-0.25, -0.2) is 0 Å². The first-order chi connectivity index (χ1) is 11.1. The standard InChI is InChI=1S/C19H18O4/c1-2-5-15(19(21)22)12-8-9-17-16(10-12)18(20)14-7-4-3-6-13(14)11-23-17/h3-4,6-10,15H,2,5,11H2,1H3,(H,21,22). The molecule has 1 aliphatic rings. The van der Waals surface area contributed by atoms with Gasteiger partial charge in [0, 0.05) is 11.1 Å². The molecule has 4 nitrogen and oxygen atoms in total. The number of carbonyl (C=O) groups is 2. The van der Waals surface area contributed by atoms with Crippen molar-refractivity contribution in [2.24, 2.45) is 0 Å². The zero-order chi connectivity index (χ0) is 16.4. The summed E-state index contributed by atoms with van der Waals surface area (Å²) in [5.74, 6) is -1.07. The zero-order valence-corrected chi connectivity index (χ0v) is 12.9. The third-order valence-corrected chi connectivity index (χ3v) is 4.17. The van der Waals surface area contributed by atoms with Gasteiger partial charge in [0.05, 0.1) is 11.5 Å². The molecule has 1 aliphatic heterocycles. The lowest BCUT2D eigenvalue weighted by atomic mass is 9.91. The van der Waals surface area contributed by atoms with Crippen LogP contribution in [0, 0.1) is 0 Å². The number of hydrogen-bond acceptors (Lipinski definition) is 3. The van der Waals surface area contributed by atoms with E-state index in [0.717, 1.165) is 12.0 Å². The van der Waals surface area contributed by atoms with Crippen LogP contribution in [-0.4, -0.2) is 16.9 Å². The zero-order valence-electron chi connectivity index (χ0n) is 12.9. The predicted molar refractivity (Wildman–Crippen MR) is 85.9 cm³/mol. The Balaban J connectivity index is 2.07. The van der Waals surface area contributed by atoms with Gasteiger partial charge >= 0.3 is 5.97 Å². The number of ether oxygens (including phenoxy) is 1. The minimum atomic E-state index is -0.866. The highest BCUT2D eigenvalue weighted by Gasteiger charge is 2.25. The first-order valence-corrected chi connectivity index (χ1v) is 7.74. The van der Waals surface area contributed by atoms with Crippen LogP contribution >= 0.6 is 0 Å². The summed E-state index contributed by atoms with van der Waals surface area (Å²) in [7, 11) is 0. The molecular weight excluding hydrogens is 292 g/mol. The summed E-state index contributed by atoms with van der Waals surface area (Å²) in [6, 6.07) is 12.5. The van der Waals surface area contributed by atoms with Gasteiger partial charge in [0.15, 0.2) is 5.78 Å². The molecule has 0 saturated carbocycles. The van der Waals surface area contributed by atoms with Crippen molar-refractivity contribution in [2.75, 3.05) is 0 Å². The molecular formula is C19H18O4. The van der Waals surface area contributed by atoms with Gasteiger partial charge in [0.1, 0.15) is 12.4 Å². The van der Waals surface area contributed by atoms with E-state index in [1.807, 2.05) is 25.1 Å². The van der Waals surface area contributed by atoms with Crippen LogP contribution in [-0.2, 0) is 11.4 Å². The summed E-state index contributed by atoms with van der Waals surface area (Å²) in [5, 5.41) is 9.42. The maximum atomic E-state index is 12.8. The molecule has 118 valence electrons. The van der Waals surface area contributed by atoms with Crippen molar-refractivity contribution in [3.63, 3.8) is 0 Å². The smallest absolute Gasteiger partial charge is 0.310 e. The first-order valence-electron chi connectivity index (χ1n) is 7.74. The van der Waals surface area contributed by atoms with E-state index in [1.165, 1.54) is 0 Å². The van der Waals surface area contributed by atoms with Crippen molar-refractivity contribution in [3.05, 3.63) is 64.7 Å². The van der Waals surface area contributed by atoms with Crippen molar-refractivity contribution in [2.45, 2.75) is 32.3 Å². The van der Waals surface area contributed by atoms with Crippen LogP contribution < -0.4 is 4.74 Å². The van der Waals surface area contributed by atoms with Gasteiger partial charge < -0.3 is 9.84 Å². The second kappa shape index (κ2) is 6.24. The Hall–Kier alpha value is -2.62. The van der Waals surface area contributed by atoms with Gasteiger partial charge in [-0.05, 0) is 24.1 Å². The van der Waals surface area contributed by atoms with Gasteiger partial charge in [0.2, 0.25) is 0 Å². The van der Waals surface area contributed by atoms with Crippen molar-refractivity contribution < 1.29 is 19.4 Å². The fourth-order valence-electron chi connectivity index (χ4n) is 2.96. The fourth-order valence-corrected chi connectivity index (χ4v) is 2.96. The SMILES string of the molecule is CCCC(C(=O)O)c1ccc2c(c1)C(=O)c1ccccc1CO2. The van der Waals surface area contributed by atoms with E-state index in [1.54, 1.807) is 24.3 Å². The predicted octanol–water partition coefficient (Wildman–Crippen LogP) is 3.78. The normalized spacial score (nSPS) is 14.2. The molecule has 0 aliphatic carbocycles. The number of fused-ring (bicyclic) bond motifs is 2. The lowest BCUT2D eigenvalue weighted by Crippen LogP contribution is -2.12. The minimum Gasteiger partial charge on any atom is -0.488 e. The Labute approximate surface area is 134 Å². The number of rotatable bonds is 4. The molecule has 1 N–H and O–H groups in total. The second-order valence-electron chi connectivity index (χ2n) is 5.71. The highest BCUT2D eigenvalue weighted by atomic mass is 16.5. The Bertz CT molecular complexity index is 764. The summed E-state index contributed by atoms with van der Waals surface area (Å²) in [5.41, 5.74) is 2.55. The lowest BCUT2D eigenvalue weighted by Gasteiger charge is -2.14. The van der Waals surface area contributed by atoms with Crippen molar-refractivity contribution in [3.8, 4) is 5.75 Å². The van der Waals surface area contributed by atoms with E-state index in [0.29, 0.717) is 35.5 Å². The van der Waals surface area contributed by atoms with Crippen LogP contribution in [0.5, 0.6) is 5.75 Å². The van der Waals surface area contributed by atoms with Gasteiger partial charge in [0.25, 0.3) is 0 Å². The van der Waals surface area contributed by atoms with Crippen LogP contribution in [0.15, 0.2) is 42.5 Å². The van der Waals surface area contributed by atoms with Crippen molar-refractivity contribution in [1.82, 2.24) is 0 Å². The molecule has 1 unspecified atom stereocenters. The molecule has 0 spiro atoms. The summed E-state index contributed by atoms with van der Waals surface area (Å²) in [4.78, 5) is 24.3. The molecule has 2 aromatic carbocycles. The molecule has 0 fully saturated rings. The van der Waals surface area contributed by atoms with Crippen LogP contribution in [0.2, 0.25) is 0 Å². The number of hydrogen-bond donors (Lipinski definition) is 1. The Morgan fingerprint density at radius 3 is 2.74 bits per heavy atom. The summed E-state index contributed by atoms with van der Waals surface area (Å²) in [6.07, 6.45) is 1.31. The summed E-state index contributed by atoms with van der Waals surface area (Å²) < 4.78 is 5.73. The van der Waals surface area contributed by atoms with Crippen molar-refractivity contribution in [1.29, 1.82) is 0 Å². The molecule has 3 rings (SSSR count). The average Bonchev–Trinajstić information content (AvgIpc) is 2.70. The average molecular weight is 310 g/mol. The lowest BCUT2D eigenvalue weighted by molar-refractivity contribution is -0.139. The molecule has 0 aromatic heterocycles. The van der Waals surface area contributed by atoms with E-state index in [-0.39, 0.29) is 5.78 Å². The molecule has 4 heteroatoms. The molecule has 0 saturated heterocycles. The van der Waals surface area contributed by atoms with E-state index < -0.39 is 11.9 Å². The van der Waals surface area contributed by atoms with Crippen molar-refractivity contribution >= 4 is 11.8 Å². The van der Waals surface area contributed by atoms with Crippen LogP contribution in [0.1, 0.15) is 52.7 Å². The number of aliphatic carboxylic acids is 1. The molecule has 1 atom stereocenters. The third-order valence-electron chi connectivity index (χ3n) is 4.17. The maximum absolute atomic E-state index is 12.8. The number of ketones is 1. The van der Waals surface area contributed by atoms with Crippen LogP contribution in [0.4, 0.5) is 0 Å². The number of carboxylic acid groups (broad SMARTS) is 1. The summed E-state index contributed by atoms with van der Waals surface area (Å²) in [6.45, 7) is 2.29. The molecule has 0 bridgehead atoms. The Kier molecular flexibility index (Phi) is 4.15. The molecule has 2 aromatic rings.